The van der Waals surface area contributed by atoms with Crippen molar-refractivity contribution in [2.75, 3.05) is 5.32 Å². The highest BCUT2D eigenvalue weighted by Crippen LogP contribution is 2.22. The molecule has 0 amide bonds. The zero-order valence-corrected chi connectivity index (χ0v) is 11.0. The Labute approximate surface area is 120 Å². The molecule has 21 heavy (non-hydrogen) atoms. The van der Waals surface area contributed by atoms with Gasteiger partial charge in [-0.1, -0.05) is 18.2 Å². The van der Waals surface area contributed by atoms with Crippen molar-refractivity contribution >= 4 is 22.6 Å². The number of nitrogens with one attached hydrogen (secondary N) is 2. The van der Waals surface area contributed by atoms with E-state index in [-0.39, 0.29) is 11.4 Å². The van der Waals surface area contributed by atoms with Crippen molar-refractivity contribution in [3.63, 3.8) is 0 Å². The number of hydrogen-bond donors (Lipinski definition) is 4. The molecular formula is C15H13N3O3. The van der Waals surface area contributed by atoms with Crippen molar-refractivity contribution in [3.8, 4) is 5.75 Å². The quantitative estimate of drug-likeness (QED) is 0.590. The molecule has 1 aromatic heterocycles. The first-order chi connectivity index (χ1) is 10.1. The van der Waals surface area contributed by atoms with Crippen LogP contribution < -0.4 is 5.32 Å². The van der Waals surface area contributed by atoms with Gasteiger partial charge in [0.2, 0.25) is 0 Å². The Balaban J connectivity index is 1.82. The van der Waals surface area contributed by atoms with Crippen LogP contribution in [-0.2, 0) is 6.54 Å². The maximum Gasteiger partial charge on any atom is 0.357 e. The molecule has 1 heterocycles. The second kappa shape index (κ2) is 5.16. The van der Waals surface area contributed by atoms with Gasteiger partial charge in [-0.25, -0.2) is 4.79 Å². The van der Waals surface area contributed by atoms with Crippen LogP contribution in [0.25, 0.3) is 10.9 Å². The normalized spacial score (nSPS) is 10.7. The van der Waals surface area contributed by atoms with Crippen LogP contribution in [0, 0.1) is 0 Å². The fraction of sp³-hybridized carbons (Fsp3) is 0.0667. The third-order valence-electron chi connectivity index (χ3n) is 3.24. The molecule has 0 saturated carbocycles. The number of aromatic carboxylic acids is 1. The van der Waals surface area contributed by atoms with E-state index in [1.165, 1.54) is 0 Å². The molecule has 0 spiro atoms. The van der Waals surface area contributed by atoms with Gasteiger partial charge in [-0.15, -0.1) is 0 Å². The molecule has 4 N–H and O–H groups in total. The van der Waals surface area contributed by atoms with Crippen LogP contribution in [0.15, 0.2) is 42.5 Å². The molecule has 0 aliphatic heterocycles. The number of phenols is 1. The Morgan fingerprint density at radius 3 is 2.81 bits per heavy atom. The number of fused-ring (bicyclic) bond motifs is 1. The van der Waals surface area contributed by atoms with Crippen LogP contribution in [-0.4, -0.2) is 26.4 Å². The van der Waals surface area contributed by atoms with E-state index in [4.69, 9.17) is 5.11 Å². The Kier molecular flexibility index (Phi) is 3.19. The van der Waals surface area contributed by atoms with E-state index in [1.807, 2.05) is 12.1 Å². The molecule has 6 heteroatoms. The van der Waals surface area contributed by atoms with Gasteiger partial charge in [0.05, 0.1) is 5.52 Å². The standard InChI is InChI=1S/C15H13N3O3/c19-13-4-2-1-3-9(13)8-16-10-5-6-11-12(7-10)17-18-14(11)15(20)21/h1-7,16,19H,8H2,(H,17,18)(H,20,21). The number of hydrogen-bond acceptors (Lipinski definition) is 4. The number of carboxylic acid groups (broad SMARTS) is 1. The van der Waals surface area contributed by atoms with Gasteiger partial charge < -0.3 is 15.5 Å². The zero-order chi connectivity index (χ0) is 14.8. The van der Waals surface area contributed by atoms with E-state index < -0.39 is 5.97 Å². The highest BCUT2D eigenvalue weighted by molar-refractivity contribution is 6.01. The topological polar surface area (TPSA) is 98.2 Å². The summed E-state index contributed by atoms with van der Waals surface area (Å²) in [5.41, 5.74) is 2.26. The fourth-order valence-electron chi connectivity index (χ4n) is 2.15. The molecule has 6 nitrogen and oxygen atoms in total. The van der Waals surface area contributed by atoms with Crippen LogP contribution in [0.5, 0.6) is 5.75 Å². The summed E-state index contributed by atoms with van der Waals surface area (Å²) in [6.45, 7) is 0.470. The summed E-state index contributed by atoms with van der Waals surface area (Å²) in [6.07, 6.45) is 0. The lowest BCUT2D eigenvalue weighted by Gasteiger charge is -2.08. The van der Waals surface area contributed by atoms with Crippen LogP contribution in [0.2, 0.25) is 0 Å². The Hall–Kier alpha value is -3.02. The number of phenolic OH excluding ortho intramolecular Hbond substituents is 1. The number of carboxylic acids is 1. The fourth-order valence-corrected chi connectivity index (χ4v) is 2.15. The summed E-state index contributed by atoms with van der Waals surface area (Å²) in [5.74, 6) is -0.822. The third-order valence-corrected chi connectivity index (χ3v) is 3.24. The summed E-state index contributed by atoms with van der Waals surface area (Å²) < 4.78 is 0. The molecule has 2 aromatic carbocycles. The molecule has 0 fully saturated rings. The summed E-state index contributed by atoms with van der Waals surface area (Å²) in [7, 11) is 0. The van der Waals surface area contributed by atoms with E-state index in [0.717, 1.165) is 11.3 Å². The summed E-state index contributed by atoms with van der Waals surface area (Å²) in [5, 5.41) is 28.9. The lowest BCUT2D eigenvalue weighted by atomic mass is 10.1. The third kappa shape index (κ3) is 2.51. The lowest BCUT2D eigenvalue weighted by Crippen LogP contribution is -1.99. The van der Waals surface area contributed by atoms with Gasteiger partial charge in [-0.05, 0) is 24.3 Å². The average Bonchev–Trinajstić information content (AvgIpc) is 2.89. The molecule has 106 valence electrons. The van der Waals surface area contributed by atoms with Crippen molar-refractivity contribution in [3.05, 3.63) is 53.7 Å². The molecule has 0 atom stereocenters. The van der Waals surface area contributed by atoms with Crippen LogP contribution in [0.3, 0.4) is 0 Å². The molecule has 3 rings (SSSR count). The minimum atomic E-state index is -1.06. The number of rotatable bonds is 4. The number of carbonyl (C=O) groups is 1. The zero-order valence-electron chi connectivity index (χ0n) is 11.0. The van der Waals surface area contributed by atoms with Gasteiger partial charge in [0.25, 0.3) is 0 Å². The number of aromatic amines is 1. The minimum Gasteiger partial charge on any atom is -0.508 e. The van der Waals surface area contributed by atoms with Gasteiger partial charge in [-0.2, -0.15) is 5.10 Å². The molecule has 0 bridgehead atoms. The van der Waals surface area contributed by atoms with Crippen LogP contribution in [0.1, 0.15) is 16.1 Å². The molecule has 0 unspecified atom stereocenters. The van der Waals surface area contributed by atoms with E-state index in [0.29, 0.717) is 17.4 Å². The summed E-state index contributed by atoms with van der Waals surface area (Å²) in [4.78, 5) is 11.0. The number of anilines is 1. The average molecular weight is 283 g/mol. The van der Waals surface area contributed by atoms with E-state index in [1.54, 1.807) is 30.3 Å². The van der Waals surface area contributed by atoms with Crippen LogP contribution in [0.4, 0.5) is 5.69 Å². The first-order valence-corrected chi connectivity index (χ1v) is 6.37. The Morgan fingerprint density at radius 2 is 2.05 bits per heavy atom. The predicted molar refractivity (Wildman–Crippen MR) is 78.5 cm³/mol. The number of nitrogens with zero attached hydrogens (tertiary/aromatic N) is 1. The highest BCUT2D eigenvalue weighted by Gasteiger charge is 2.12. The lowest BCUT2D eigenvalue weighted by molar-refractivity contribution is 0.0692. The van der Waals surface area contributed by atoms with E-state index in [2.05, 4.69) is 15.5 Å². The number of aromatic nitrogens is 2. The molecule has 0 saturated heterocycles. The van der Waals surface area contributed by atoms with Crippen molar-refractivity contribution in [1.29, 1.82) is 0 Å². The van der Waals surface area contributed by atoms with Crippen molar-refractivity contribution in [2.24, 2.45) is 0 Å². The van der Waals surface area contributed by atoms with Crippen LogP contribution >= 0.6 is 0 Å². The predicted octanol–water partition coefficient (Wildman–Crippen LogP) is 2.58. The van der Waals surface area contributed by atoms with E-state index in [9.17, 15) is 9.90 Å². The Morgan fingerprint density at radius 1 is 1.24 bits per heavy atom. The number of aromatic hydroxyl groups is 1. The number of para-hydroxylation sites is 1. The number of H-pyrrole nitrogens is 1. The molecule has 3 aromatic rings. The van der Waals surface area contributed by atoms with Crippen molar-refractivity contribution < 1.29 is 15.0 Å². The molecular weight excluding hydrogens is 270 g/mol. The van der Waals surface area contributed by atoms with Gasteiger partial charge in [0, 0.05) is 23.2 Å². The van der Waals surface area contributed by atoms with Crippen molar-refractivity contribution in [1.82, 2.24) is 10.2 Å². The highest BCUT2D eigenvalue weighted by atomic mass is 16.4. The SMILES string of the molecule is O=C(O)c1n[nH]c2cc(NCc3ccccc3O)ccc12. The smallest absolute Gasteiger partial charge is 0.357 e. The molecule has 0 aliphatic rings. The monoisotopic (exact) mass is 283 g/mol. The summed E-state index contributed by atoms with van der Waals surface area (Å²) in [6, 6.07) is 12.4. The van der Waals surface area contributed by atoms with Gasteiger partial charge in [0.1, 0.15) is 5.75 Å². The second-order valence-corrected chi connectivity index (χ2v) is 4.62. The maximum absolute atomic E-state index is 11.0. The van der Waals surface area contributed by atoms with Gasteiger partial charge >= 0.3 is 5.97 Å². The number of benzene rings is 2. The van der Waals surface area contributed by atoms with Gasteiger partial charge in [0.15, 0.2) is 5.69 Å². The second-order valence-electron chi connectivity index (χ2n) is 4.62. The minimum absolute atomic E-state index is 0.0113. The molecule has 0 radical (unpaired) electrons. The first kappa shape index (κ1) is 13.0. The Bertz CT molecular complexity index is 811. The van der Waals surface area contributed by atoms with E-state index >= 15 is 0 Å². The van der Waals surface area contributed by atoms with Gasteiger partial charge in [-0.3, -0.25) is 5.10 Å². The maximum atomic E-state index is 11.0. The first-order valence-electron chi connectivity index (χ1n) is 6.37. The van der Waals surface area contributed by atoms with Crippen molar-refractivity contribution in [2.45, 2.75) is 6.54 Å². The summed E-state index contributed by atoms with van der Waals surface area (Å²) >= 11 is 0. The largest absolute Gasteiger partial charge is 0.508 e. The molecule has 0 aliphatic carbocycles.